The number of aromatic nitrogens is 2. The van der Waals surface area contributed by atoms with Gasteiger partial charge in [-0.05, 0) is 38.2 Å². The van der Waals surface area contributed by atoms with E-state index in [9.17, 15) is 4.79 Å². The number of allylic oxidation sites excluding steroid dienone is 2. The first-order valence-electron chi connectivity index (χ1n) is 10.6. The molecule has 1 amide bonds. The first kappa shape index (κ1) is 20.1. The summed E-state index contributed by atoms with van der Waals surface area (Å²) >= 11 is 0. The molecule has 1 aromatic heterocycles. The number of hydrogen-bond donors (Lipinski definition) is 2. The molecule has 0 unspecified atom stereocenters. The van der Waals surface area contributed by atoms with Crippen LogP contribution in [0.1, 0.15) is 41.9 Å². The number of quaternary nitrogens is 2. The fourth-order valence-corrected chi connectivity index (χ4v) is 4.38. The Labute approximate surface area is 163 Å². The third kappa shape index (κ3) is 5.66. The van der Waals surface area contributed by atoms with Gasteiger partial charge in [0.05, 0.1) is 19.3 Å². The van der Waals surface area contributed by atoms with Crippen LogP contribution in [-0.4, -0.2) is 73.4 Å². The van der Waals surface area contributed by atoms with Crippen molar-refractivity contribution < 1.29 is 14.6 Å². The molecule has 6 heteroatoms. The van der Waals surface area contributed by atoms with Crippen LogP contribution in [0.25, 0.3) is 0 Å². The average Bonchev–Trinajstić information content (AvgIpc) is 3.01. The second kappa shape index (κ2) is 9.51. The third-order valence-electron chi connectivity index (χ3n) is 6.13. The van der Waals surface area contributed by atoms with Crippen LogP contribution >= 0.6 is 0 Å². The van der Waals surface area contributed by atoms with Gasteiger partial charge in [0.15, 0.2) is 0 Å². The minimum absolute atomic E-state index is 0.144. The smallest absolute Gasteiger partial charge is 0.272 e. The van der Waals surface area contributed by atoms with Crippen molar-refractivity contribution in [3.8, 4) is 0 Å². The Morgan fingerprint density at radius 2 is 2.07 bits per heavy atom. The zero-order chi connectivity index (χ0) is 19.2. The van der Waals surface area contributed by atoms with Crippen LogP contribution in [0.5, 0.6) is 0 Å². The number of nitrogens with one attached hydrogen (secondary N) is 2. The molecular weight excluding hydrogens is 338 g/mol. The van der Waals surface area contributed by atoms with E-state index >= 15 is 0 Å². The van der Waals surface area contributed by atoms with Crippen LogP contribution in [-0.2, 0) is 7.05 Å². The molecule has 1 aromatic rings. The van der Waals surface area contributed by atoms with Crippen LogP contribution in [0.2, 0.25) is 0 Å². The van der Waals surface area contributed by atoms with Crippen molar-refractivity contribution in [1.29, 1.82) is 0 Å². The lowest BCUT2D eigenvalue weighted by molar-refractivity contribution is -1.00. The Balaban J connectivity index is 1.59. The topological polar surface area (TPSA) is 47.0 Å². The Morgan fingerprint density at radius 3 is 2.70 bits per heavy atom. The van der Waals surface area contributed by atoms with Gasteiger partial charge in [0.1, 0.15) is 31.9 Å². The molecule has 0 aromatic carbocycles. The molecule has 150 valence electrons. The summed E-state index contributed by atoms with van der Waals surface area (Å²) in [7, 11) is 4.16. The number of likely N-dealkylation sites (N-methyl/N-ethyl adjacent to an activating group) is 1. The predicted octanol–water partition coefficient (Wildman–Crippen LogP) is -0.670. The molecule has 27 heavy (non-hydrogen) atoms. The molecule has 0 spiro atoms. The van der Waals surface area contributed by atoms with E-state index in [0.717, 1.165) is 43.7 Å². The molecule has 6 nitrogen and oxygen atoms in total. The Kier molecular flexibility index (Phi) is 7.07. The summed E-state index contributed by atoms with van der Waals surface area (Å²) in [6.45, 7) is 9.90. The quantitative estimate of drug-likeness (QED) is 0.621. The molecule has 1 saturated heterocycles. The van der Waals surface area contributed by atoms with Gasteiger partial charge in [-0.25, -0.2) is 0 Å². The number of amides is 1. The van der Waals surface area contributed by atoms with Gasteiger partial charge >= 0.3 is 0 Å². The molecule has 2 heterocycles. The van der Waals surface area contributed by atoms with Gasteiger partial charge in [0, 0.05) is 26.6 Å². The van der Waals surface area contributed by atoms with E-state index in [0.29, 0.717) is 5.92 Å². The van der Waals surface area contributed by atoms with Gasteiger partial charge in [-0.2, -0.15) is 5.10 Å². The van der Waals surface area contributed by atoms with Gasteiger partial charge in [0.25, 0.3) is 5.91 Å². The van der Waals surface area contributed by atoms with E-state index < -0.39 is 0 Å². The SMILES string of the molecule is Cc1cc(C(=O)N(CCC[NH+]2CC[NH+](C)CC2)C[C@@H]2CC=CCC2)n(C)n1. The highest BCUT2D eigenvalue weighted by Gasteiger charge is 2.24. The first-order valence-corrected chi connectivity index (χ1v) is 10.6. The summed E-state index contributed by atoms with van der Waals surface area (Å²) in [5.74, 6) is 0.735. The largest absolute Gasteiger partial charge is 0.337 e. The van der Waals surface area contributed by atoms with Crippen LogP contribution in [0, 0.1) is 12.8 Å². The maximum Gasteiger partial charge on any atom is 0.272 e. The van der Waals surface area contributed by atoms with Gasteiger partial charge in [-0.15, -0.1) is 0 Å². The van der Waals surface area contributed by atoms with Gasteiger partial charge in [-0.3, -0.25) is 9.48 Å². The molecule has 1 aliphatic heterocycles. The summed E-state index contributed by atoms with van der Waals surface area (Å²) < 4.78 is 1.74. The molecule has 2 N–H and O–H groups in total. The molecule has 3 rings (SSSR count). The van der Waals surface area contributed by atoms with Crippen molar-refractivity contribution in [3.63, 3.8) is 0 Å². The van der Waals surface area contributed by atoms with E-state index in [1.807, 2.05) is 20.0 Å². The molecular formula is C21H37N5O+2. The molecule has 1 fully saturated rings. The van der Waals surface area contributed by atoms with Crippen LogP contribution < -0.4 is 9.80 Å². The zero-order valence-corrected chi connectivity index (χ0v) is 17.3. The summed E-state index contributed by atoms with van der Waals surface area (Å²) in [5.41, 5.74) is 1.63. The molecule has 2 aliphatic rings. The lowest BCUT2D eigenvalue weighted by Gasteiger charge is -2.30. The van der Waals surface area contributed by atoms with E-state index in [1.54, 1.807) is 14.5 Å². The maximum absolute atomic E-state index is 13.2. The number of rotatable bonds is 7. The lowest BCUT2D eigenvalue weighted by atomic mass is 9.94. The Hall–Kier alpha value is -1.66. The highest BCUT2D eigenvalue weighted by Crippen LogP contribution is 2.20. The monoisotopic (exact) mass is 375 g/mol. The van der Waals surface area contributed by atoms with Gasteiger partial charge in [0.2, 0.25) is 0 Å². The molecule has 0 saturated carbocycles. The summed E-state index contributed by atoms with van der Waals surface area (Å²) in [5, 5.41) is 4.37. The second-order valence-corrected chi connectivity index (χ2v) is 8.51. The van der Waals surface area contributed by atoms with E-state index in [-0.39, 0.29) is 5.91 Å². The minimum Gasteiger partial charge on any atom is -0.337 e. The Morgan fingerprint density at radius 1 is 1.30 bits per heavy atom. The first-order chi connectivity index (χ1) is 13.0. The minimum atomic E-state index is 0.144. The fourth-order valence-electron chi connectivity index (χ4n) is 4.38. The Bertz CT molecular complexity index is 645. The average molecular weight is 376 g/mol. The van der Waals surface area contributed by atoms with Crippen molar-refractivity contribution in [2.75, 3.05) is 52.9 Å². The van der Waals surface area contributed by atoms with Gasteiger partial charge in [-0.1, -0.05) is 12.2 Å². The molecule has 1 aliphatic carbocycles. The third-order valence-corrected chi connectivity index (χ3v) is 6.13. The number of aryl methyl sites for hydroxylation is 2. The molecule has 1 atom stereocenters. The van der Waals surface area contributed by atoms with E-state index in [2.05, 4.69) is 29.2 Å². The highest BCUT2D eigenvalue weighted by atomic mass is 16.2. The van der Waals surface area contributed by atoms with Crippen molar-refractivity contribution in [2.45, 2.75) is 32.6 Å². The zero-order valence-electron chi connectivity index (χ0n) is 17.3. The second-order valence-electron chi connectivity index (χ2n) is 8.51. The molecule has 0 radical (unpaired) electrons. The maximum atomic E-state index is 13.2. The number of carbonyl (C=O) groups is 1. The van der Waals surface area contributed by atoms with Crippen molar-refractivity contribution in [2.24, 2.45) is 13.0 Å². The van der Waals surface area contributed by atoms with Crippen molar-refractivity contribution in [1.82, 2.24) is 14.7 Å². The standard InChI is InChI=1S/C21H35N5O/c1-18-16-20(24(3)22-18)21(27)26(17-19-8-5-4-6-9-19)11-7-10-25-14-12-23(2)13-15-25/h4-5,16,19H,6-15,17H2,1-3H3/p+2/t19-/m1/s1. The van der Waals surface area contributed by atoms with Crippen molar-refractivity contribution in [3.05, 3.63) is 29.6 Å². The fraction of sp³-hybridized carbons (Fsp3) is 0.714. The highest BCUT2D eigenvalue weighted by molar-refractivity contribution is 5.92. The lowest BCUT2D eigenvalue weighted by Crippen LogP contribution is -3.27. The van der Waals surface area contributed by atoms with E-state index in [4.69, 9.17) is 0 Å². The number of piperazine rings is 1. The van der Waals surface area contributed by atoms with Crippen LogP contribution in [0.3, 0.4) is 0 Å². The van der Waals surface area contributed by atoms with Gasteiger partial charge < -0.3 is 14.7 Å². The van der Waals surface area contributed by atoms with Crippen LogP contribution in [0.4, 0.5) is 0 Å². The summed E-state index contributed by atoms with van der Waals surface area (Å²) in [4.78, 5) is 18.7. The number of nitrogens with zero attached hydrogens (tertiary/aromatic N) is 3. The van der Waals surface area contributed by atoms with E-state index in [1.165, 1.54) is 39.1 Å². The van der Waals surface area contributed by atoms with Crippen LogP contribution in [0.15, 0.2) is 18.2 Å². The molecule has 0 bridgehead atoms. The summed E-state index contributed by atoms with van der Waals surface area (Å²) in [6.07, 6.45) is 9.07. The number of carbonyl (C=O) groups excluding carboxylic acids is 1. The predicted molar refractivity (Wildman–Crippen MR) is 107 cm³/mol. The normalized spacial score (nSPS) is 25.5. The number of hydrogen-bond acceptors (Lipinski definition) is 2. The summed E-state index contributed by atoms with van der Waals surface area (Å²) in [6, 6.07) is 1.92. The van der Waals surface area contributed by atoms with Crippen molar-refractivity contribution >= 4 is 5.91 Å².